The van der Waals surface area contributed by atoms with E-state index in [-0.39, 0.29) is 19.6 Å². The van der Waals surface area contributed by atoms with Gasteiger partial charge in [-0.3, -0.25) is 4.79 Å². The molecule has 65 heavy (non-hydrogen) atoms. The lowest BCUT2D eigenvalue weighted by Gasteiger charge is -2.42. The van der Waals surface area contributed by atoms with Crippen LogP contribution in [0.25, 0.3) is 0 Å². The lowest BCUT2D eigenvalue weighted by Crippen LogP contribution is -2.61. The van der Waals surface area contributed by atoms with Gasteiger partial charge in [-0.25, -0.2) is 0 Å². The molecule has 0 aromatic heterocycles. The summed E-state index contributed by atoms with van der Waals surface area (Å²) in [6.45, 7) is 3.40. The molecule has 7 N–H and O–H groups in total. The second kappa shape index (κ2) is 38.4. The molecule has 11 atom stereocenters. The van der Waals surface area contributed by atoms with E-state index in [1.54, 1.807) is 6.08 Å². The zero-order valence-corrected chi connectivity index (χ0v) is 39.4. The van der Waals surface area contributed by atoms with Crippen molar-refractivity contribution in [2.24, 2.45) is 0 Å². The van der Waals surface area contributed by atoms with E-state index in [0.717, 1.165) is 57.8 Å². The molecule has 0 amide bonds. The van der Waals surface area contributed by atoms with Gasteiger partial charge in [-0.1, -0.05) is 145 Å². The van der Waals surface area contributed by atoms with Crippen molar-refractivity contribution in [3.63, 3.8) is 0 Å². The molecule has 0 aliphatic carbocycles. The SMILES string of the molecule is CC/C=C\C/C=C\C/C=C\C/C=C\C/C=C\CC(=O)OC(COCCCCCCCC/C=C\CCCCCCCC)COC1OC(COC2OC(CO)C(O)C(O)C2O)C(O)C(O)C1O. The Morgan fingerprint density at radius 2 is 1.00 bits per heavy atom. The summed E-state index contributed by atoms with van der Waals surface area (Å²) in [6.07, 6.45) is 29.9. The van der Waals surface area contributed by atoms with Gasteiger partial charge in [0.15, 0.2) is 12.6 Å². The third kappa shape index (κ3) is 26.5. The monoisotopic (exact) mass is 923 g/mol. The van der Waals surface area contributed by atoms with Crippen LogP contribution in [0.15, 0.2) is 72.9 Å². The highest BCUT2D eigenvalue weighted by molar-refractivity contribution is 5.71. The first kappa shape index (κ1) is 58.6. The van der Waals surface area contributed by atoms with Crippen LogP contribution in [0.3, 0.4) is 0 Å². The minimum atomic E-state index is -1.73. The number of esters is 1. The van der Waals surface area contributed by atoms with Crippen LogP contribution in [-0.2, 0) is 33.2 Å². The lowest BCUT2D eigenvalue weighted by molar-refractivity contribution is -0.332. The number of hydrogen-bond donors (Lipinski definition) is 7. The van der Waals surface area contributed by atoms with Crippen molar-refractivity contribution in [3.8, 4) is 0 Å². The summed E-state index contributed by atoms with van der Waals surface area (Å²) in [5.74, 6) is -0.507. The predicted molar refractivity (Wildman–Crippen MR) is 252 cm³/mol. The maximum absolute atomic E-state index is 12.9. The van der Waals surface area contributed by atoms with Crippen LogP contribution in [0, 0.1) is 0 Å². The number of allylic oxidation sites excluding steroid dienone is 11. The van der Waals surface area contributed by atoms with E-state index >= 15 is 0 Å². The van der Waals surface area contributed by atoms with Crippen molar-refractivity contribution < 1.29 is 69.0 Å². The van der Waals surface area contributed by atoms with Gasteiger partial charge in [-0.2, -0.15) is 0 Å². The van der Waals surface area contributed by atoms with Gasteiger partial charge in [0.2, 0.25) is 0 Å². The van der Waals surface area contributed by atoms with Crippen LogP contribution >= 0.6 is 0 Å². The third-order valence-corrected chi connectivity index (χ3v) is 11.2. The molecule has 0 radical (unpaired) electrons. The standard InChI is InChI=1S/C51H86O14/c1-3-5-7-9-11-13-15-17-19-21-23-25-27-29-31-33-35-60-37-40(63-43(53)34-32-30-28-26-24-22-20-18-16-14-12-10-8-6-4-2)38-61-50-49(59)47(57)45(55)42(65-50)39-62-51-48(58)46(56)44(54)41(36-52)64-51/h6,8,12,14,17-20,24,26,30,32,40-42,44-52,54-59H,3-5,7,9-11,13,15-16,21-23,25,27-29,31,33-39H2,1-2H3/b8-6-,14-12-,19-17-,20-18-,26-24-,32-30-. The summed E-state index contributed by atoms with van der Waals surface area (Å²) < 4.78 is 34.1. The molecule has 2 aliphatic heterocycles. The molecule has 0 saturated carbocycles. The Morgan fingerprint density at radius 3 is 1.55 bits per heavy atom. The molecule has 0 bridgehead atoms. The molecule has 374 valence electrons. The fraction of sp³-hybridized carbons (Fsp3) is 0.745. The number of aliphatic hydroxyl groups is 7. The largest absolute Gasteiger partial charge is 0.457 e. The Morgan fingerprint density at radius 1 is 0.523 bits per heavy atom. The summed E-state index contributed by atoms with van der Waals surface area (Å²) >= 11 is 0. The molecule has 0 aromatic rings. The molecular weight excluding hydrogens is 837 g/mol. The maximum atomic E-state index is 12.9. The van der Waals surface area contributed by atoms with Gasteiger partial charge in [0.25, 0.3) is 0 Å². The van der Waals surface area contributed by atoms with E-state index in [9.17, 15) is 40.5 Å². The van der Waals surface area contributed by atoms with Crippen molar-refractivity contribution in [2.75, 3.05) is 33.0 Å². The summed E-state index contributed by atoms with van der Waals surface area (Å²) in [4.78, 5) is 12.9. The molecule has 0 aromatic carbocycles. The zero-order chi connectivity index (χ0) is 47.3. The molecular formula is C51H86O14. The number of rotatable bonds is 37. The summed E-state index contributed by atoms with van der Waals surface area (Å²) in [6, 6.07) is 0. The van der Waals surface area contributed by atoms with Crippen molar-refractivity contribution in [2.45, 2.75) is 210 Å². The Bertz CT molecular complexity index is 1350. The number of carbonyl (C=O) groups excluding carboxylic acids is 1. The highest BCUT2D eigenvalue weighted by Crippen LogP contribution is 2.26. The molecule has 2 aliphatic rings. The van der Waals surface area contributed by atoms with Gasteiger partial charge in [0.05, 0.1) is 32.8 Å². The first-order chi connectivity index (χ1) is 31.6. The van der Waals surface area contributed by atoms with E-state index in [0.29, 0.717) is 13.0 Å². The van der Waals surface area contributed by atoms with Crippen molar-refractivity contribution in [3.05, 3.63) is 72.9 Å². The fourth-order valence-electron chi connectivity index (χ4n) is 7.24. The van der Waals surface area contributed by atoms with Gasteiger partial charge in [0.1, 0.15) is 54.9 Å². The van der Waals surface area contributed by atoms with E-state index in [1.807, 2.05) is 12.2 Å². The van der Waals surface area contributed by atoms with Gasteiger partial charge >= 0.3 is 5.97 Å². The van der Waals surface area contributed by atoms with Crippen LogP contribution in [0.1, 0.15) is 142 Å². The number of unbranched alkanes of at least 4 members (excludes halogenated alkanes) is 12. The molecule has 2 rings (SSSR count). The summed E-state index contributed by atoms with van der Waals surface area (Å²) in [5.41, 5.74) is 0. The van der Waals surface area contributed by atoms with Crippen LogP contribution in [0.2, 0.25) is 0 Å². The van der Waals surface area contributed by atoms with Gasteiger partial charge in [-0.15, -0.1) is 0 Å². The number of aliphatic hydroxyl groups excluding tert-OH is 7. The Balaban J connectivity index is 1.83. The average Bonchev–Trinajstić information content (AvgIpc) is 3.30. The second-order valence-electron chi connectivity index (χ2n) is 16.9. The second-order valence-corrected chi connectivity index (χ2v) is 16.9. The number of ether oxygens (including phenoxy) is 6. The number of hydrogen-bond acceptors (Lipinski definition) is 14. The quantitative estimate of drug-likeness (QED) is 0.0196. The first-order valence-electron chi connectivity index (χ1n) is 24.5. The normalized spacial score (nSPS) is 27.2. The fourth-order valence-corrected chi connectivity index (χ4v) is 7.24. The van der Waals surface area contributed by atoms with Gasteiger partial charge < -0.3 is 64.2 Å². The molecule has 2 fully saturated rings. The molecule has 2 heterocycles. The van der Waals surface area contributed by atoms with E-state index in [4.69, 9.17) is 28.4 Å². The summed E-state index contributed by atoms with van der Waals surface area (Å²) in [7, 11) is 0. The third-order valence-electron chi connectivity index (χ3n) is 11.2. The van der Waals surface area contributed by atoms with Crippen LogP contribution in [0.4, 0.5) is 0 Å². The molecule has 14 nitrogen and oxygen atoms in total. The smallest absolute Gasteiger partial charge is 0.310 e. The molecule has 2 saturated heterocycles. The van der Waals surface area contributed by atoms with Crippen molar-refractivity contribution >= 4 is 5.97 Å². The van der Waals surface area contributed by atoms with E-state index in [1.165, 1.54) is 57.8 Å². The predicted octanol–water partition coefficient (Wildman–Crippen LogP) is 6.73. The minimum absolute atomic E-state index is 0.0140. The topological polar surface area (TPSA) is 214 Å². The van der Waals surface area contributed by atoms with Gasteiger partial charge in [0, 0.05) is 6.61 Å². The zero-order valence-electron chi connectivity index (χ0n) is 39.4. The lowest BCUT2D eigenvalue weighted by atomic mass is 9.98. The Kier molecular flexibility index (Phi) is 34.6. The first-order valence-corrected chi connectivity index (χ1v) is 24.5. The summed E-state index contributed by atoms with van der Waals surface area (Å²) in [5, 5.41) is 72.0. The Hall–Kier alpha value is -2.57. The average molecular weight is 923 g/mol. The van der Waals surface area contributed by atoms with E-state index < -0.39 is 86.7 Å². The van der Waals surface area contributed by atoms with Gasteiger partial charge in [-0.05, 0) is 64.2 Å². The highest BCUT2D eigenvalue weighted by atomic mass is 16.7. The van der Waals surface area contributed by atoms with Crippen molar-refractivity contribution in [1.29, 1.82) is 0 Å². The van der Waals surface area contributed by atoms with E-state index in [2.05, 4.69) is 68.5 Å². The number of carbonyl (C=O) groups is 1. The van der Waals surface area contributed by atoms with Crippen LogP contribution in [0.5, 0.6) is 0 Å². The maximum Gasteiger partial charge on any atom is 0.310 e. The highest BCUT2D eigenvalue weighted by Gasteiger charge is 2.47. The molecule has 14 heteroatoms. The van der Waals surface area contributed by atoms with Crippen LogP contribution < -0.4 is 0 Å². The van der Waals surface area contributed by atoms with Crippen molar-refractivity contribution in [1.82, 2.24) is 0 Å². The molecule has 11 unspecified atom stereocenters. The Labute approximate surface area is 389 Å². The van der Waals surface area contributed by atoms with Crippen LogP contribution in [-0.4, -0.2) is 142 Å². The molecule has 0 spiro atoms. The minimum Gasteiger partial charge on any atom is -0.457 e.